The molecule has 0 radical (unpaired) electrons. The number of thiazole rings is 1. The van der Waals surface area contributed by atoms with Crippen LogP contribution in [0.4, 0.5) is 0 Å². The molecule has 1 aromatic carbocycles. The van der Waals surface area contributed by atoms with E-state index in [1.165, 1.54) is 11.3 Å². The van der Waals surface area contributed by atoms with Crippen molar-refractivity contribution < 1.29 is 9.90 Å². The van der Waals surface area contributed by atoms with Crippen molar-refractivity contribution in [3.63, 3.8) is 0 Å². The van der Waals surface area contributed by atoms with Crippen molar-refractivity contribution in [2.45, 2.75) is 6.10 Å². The molecule has 3 rings (SSSR count). The SMILES string of the molecule is Cl.Cl.O=C(NCC1CNCC1O)c1csc(-c2ccc(Cl)cc2)n1. The summed E-state index contributed by atoms with van der Waals surface area (Å²) in [7, 11) is 0. The van der Waals surface area contributed by atoms with Crippen LogP contribution in [0.1, 0.15) is 10.5 Å². The van der Waals surface area contributed by atoms with Gasteiger partial charge in [0, 0.05) is 41.5 Å². The Hall–Kier alpha value is -0.890. The minimum atomic E-state index is -0.402. The van der Waals surface area contributed by atoms with Crippen LogP contribution in [0.15, 0.2) is 29.6 Å². The number of benzene rings is 1. The quantitative estimate of drug-likeness (QED) is 0.724. The summed E-state index contributed by atoms with van der Waals surface area (Å²) in [6.45, 7) is 1.74. The molecule has 0 saturated carbocycles. The average Bonchev–Trinajstić information content (AvgIpc) is 3.15. The Balaban J connectivity index is 0.00000144. The number of halogens is 3. The Labute approximate surface area is 161 Å². The number of nitrogens with one attached hydrogen (secondary N) is 2. The van der Waals surface area contributed by atoms with Crippen molar-refractivity contribution >= 4 is 53.7 Å². The topological polar surface area (TPSA) is 74.2 Å². The number of aliphatic hydroxyl groups excluding tert-OH is 1. The maximum atomic E-state index is 12.1. The van der Waals surface area contributed by atoms with Gasteiger partial charge in [-0.05, 0) is 12.1 Å². The molecule has 0 spiro atoms. The second kappa shape index (κ2) is 9.56. The number of nitrogens with zero attached hydrogens (tertiary/aromatic N) is 1. The molecule has 0 aliphatic carbocycles. The molecule has 24 heavy (non-hydrogen) atoms. The van der Waals surface area contributed by atoms with E-state index in [1.54, 1.807) is 17.5 Å². The van der Waals surface area contributed by atoms with Crippen molar-refractivity contribution in [3.05, 3.63) is 40.4 Å². The first kappa shape index (κ1) is 21.2. The van der Waals surface area contributed by atoms with Gasteiger partial charge in [-0.3, -0.25) is 4.79 Å². The van der Waals surface area contributed by atoms with Crippen LogP contribution < -0.4 is 10.6 Å². The highest BCUT2D eigenvalue weighted by Crippen LogP contribution is 2.25. The number of carbonyl (C=O) groups is 1. The van der Waals surface area contributed by atoms with Gasteiger partial charge in [-0.2, -0.15) is 0 Å². The van der Waals surface area contributed by atoms with Crippen LogP contribution in [-0.2, 0) is 0 Å². The summed E-state index contributed by atoms with van der Waals surface area (Å²) < 4.78 is 0. The van der Waals surface area contributed by atoms with E-state index in [4.69, 9.17) is 11.6 Å². The Morgan fingerprint density at radius 3 is 2.67 bits per heavy atom. The van der Waals surface area contributed by atoms with Gasteiger partial charge in [0.05, 0.1) is 6.10 Å². The fourth-order valence-electron chi connectivity index (χ4n) is 2.34. The molecule has 5 nitrogen and oxygen atoms in total. The van der Waals surface area contributed by atoms with Crippen LogP contribution >= 0.6 is 47.8 Å². The molecule has 1 saturated heterocycles. The third-order valence-corrected chi connectivity index (χ3v) is 4.80. The largest absolute Gasteiger partial charge is 0.391 e. The predicted octanol–water partition coefficient (Wildman–Crippen LogP) is 2.62. The zero-order chi connectivity index (χ0) is 15.5. The van der Waals surface area contributed by atoms with Crippen LogP contribution in [0, 0.1) is 5.92 Å². The van der Waals surface area contributed by atoms with E-state index >= 15 is 0 Å². The Morgan fingerprint density at radius 1 is 1.33 bits per heavy atom. The molecule has 9 heteroatoms. The minimum Gasteiger partial charge on any atom is -0.391 e. The molecule has 1 fully saturated rings. The number of β-amino-alcohol motifs (C(OH)–C–C–N with tert-alkyl or cyclic N) is 1. The highest BCUT2D eigenvalue weighted by Gasteiger charge is 2.25. The molecular weight excluding hydrogens is 393 g/mol. The van der Waals surface area contributed by atoms with Crippen LogP contribution in [0.5, 0.6) is 0 Å². The van der Waals surface area contributed by atoms with Crippen LogP contribution in [0.25, 0.3) is 10.6 Å². The molecule has 0 bridgehead atoms. The lowest BCUT2D eigenvalue weighted by molar-refractivity contribution is 0.0923. The van der Waals surface area contributed by atoms with E-state index in [0.717, 1.165) is 10.6 Å². The lowest BCUT2D eigenvalue weighted by Gasteiger charge is -2.13. The van der Waals surface area contributed by atoms with Crippen LogP contribution in [-0.4, -0.2) is 41.7 Å². The number of hydrogen-bond acceptors (Lipinski definition) is 5. The molecule has 2 atom stereocenters. The molecule has 2 unspecified atom stereocenters. The molecule has 1 amide bonds. The number of carbonyl (C=O) groups excluding carboxylic acids is 1. The van der Waals surface area contributed by atoms with E-state index < -0.39 is 6.10 Å². The minimum absolute atomic E-state index is 0. The fourth-order valence-corrected chi connectivity index (χ4v) is 3.28. The fraction of sp³-hybridized carbons (Fsp3) is 0.333. The molecule has 2 aromatic rings. The number of rotatable bonds is 4. The summed E-state index contributed by atoms with van der Waals surface area (Å²) >= 11 is 7.28. The predicted molar refractivity (Wildman–Crippen MR) is 102 cm³/mol. The van der Waals surface area contributed by atoms with E-state index in [0.29, 0.717) is 30.4 Å². The molecule has 3 N–H and O–H groups in total. The van der Waals surface area contributed by atoms with Gasteiger partial charge in [-0.1, -0.05) is 23.7 Å². The summed E-state index contributed by atoms with van der Waals surface area (Å²) in [6.07, 6.45) is -0.402. The number of aromatic nitrogens is 1. The van der Waals surface area contributed by atoms with Gasteiger partial charge in [0.1, 0.15) is 10.7 Å². The molecule has 2 heterocycles. The van der Waals surface area contributed by atoms with E-state index in [2.05, 4.69) is 15.6 Å². The zero-order valence-corrected chi connectivity index (χ0v) is 15.8. The number of amides is 1. The van der Waals surface area contributed by atoms with Crippen molar-refractivity contribution in [1.82, 2.24) is 15.6 Å². The first-order valence-corrected chi connectivity index (χ1v) is 8.27. The standard InChI is InChI=1S/C15H16ClN3O2S.2ClH/c16-11-3-1-9(2-4-11)15-19-12(8-22-15)14(21)18-6-10-5-17-7-13(10)20;;/h1-4,8,10,13,17,20H,5-7H2,(H,18,21);2*1H. The average molecular weight is 411 g/mol. The highest BCUT2D eigenvalue weighted by molar-refractivity contribution is 7.13. The summed E-state index contributed by atoms with van der Waals surface area (Å²) in [5, 5.41) is 18.8. The van der Waals surface area contributed by atoms with Gasteiger partial charge in [0.15, 0.2) is 0 Å². The van der Waals surface area contributed by atoms with Crippen molar-refractivity contribution in [2.24, 2.45) is 5.92 Å². The lowest BCUT2D eigenvalue weighted by atomic mass is 10.1. The van der Waals surface area contributed by atoms with Gasteiger partial charge < -0.3 is 15.7 Å². The van der Waals surface area contributed by atoms with Gasteiger partial charge in [0.25, 0.3) is 5.91 Å². The zero-order valence-electron chi connectivity index (χ0n) is 12.6. The van der Waals surface area contributed by atoms with E-state index in [-0.39, 0.29) is 36.6 Å². The van der Waals surface area contributed by atoms with Crippen LogP contribution in [0.2, 0.25) is 5.02 Å². The molecular formula is C15H18Cl3N3O2S. The summed E-state index contributed by atoms with van der Waals surface area (Å²) in [5.74, 6) is -0.158. The molecule has 1 aliphatic heterocycles. The van der Waals surface area contributed by atoms with Gasteiger partial charge in [-0.25, -0.2) is 4.98 Å². The Morgan fingerprint density at radius 2 is 2.04 bits per heavy atom. The summed E-state index contributed by atoms with van der Waals surface area (Å²) in [6, 6.07) is 7.35. The van der Waals surface area contributed by atoms with Crippen LogP contribution in [0.3, 0.4) is 0 Å². The number of hydrogen-bond donors (Lipinski definition) is 3. The summed E-state index contributed by atoms with van der Waals surface area (Å²) in [5.41, 5.74) is 1.33. The van der Waals surface area contributed by atoms with Crippen molar-refractivity contribution in [1.29, 1.82) is 0 Å². The third kappa shape index (κ3) is 5.05. The maximum Gasteiger partial charge on any atom is 0.270 e. The van der Waals surface area contributed by atoms with Gasteiger partial charge in [-0.15, -0.1) is 36.2 Å². The Bertz CT molecular complexity index is 666. The molecule has 1 aliphatic rings. The summed E-state index contributed by atoms with van der Waals surface area (Å²) in [4.78, 5) is 16.5. The van der Waals surface area contributed by atoms with Crippen molar-refractivity contribution in [2.75, 3.05) is 19.6 Å². The maximum absolute atomic E-state index is 12.1. The first-order chi connectivity index (χ1) is 10.6. The molecule has 1 aromatic heterocycles. The highest BCUT2D eigenvalue weighted by atomic mass is 35.5. The monoisotopic (exact) mass is 409 g/mol. The first-order valence-electron chi connectivity index (χ1n) is 7.02. The smallest absolute Gasteiger partial charge is 0.270 e. The second-order valence-corrected chi connectivity index (χ2v) is 6.54. The molecule has 132 valence electrons. The normalized spacial score (nSPS) is 19.2. The lowest BCUT2D eigenvalue weighted by Crippen LogP contribution is -2.34. The van der Waals surface area contributed by atoms with Gasteiger partial charge >= 0.3 is 0 Å². The number of aliphatic hydroxyl groups is 1. The van der Waals surface area contributed by atoms with E-state index in [9.17, 15) is 9.90 Å². The van der Waals surface area contributed by atoms with Gasteiger partial charge in [0.2, 0.25) is 0 Å². The Kier molecular flexibility index (Phi) is 8.42. The van der Waals surface area contributed by atoms with Crippen molar-refractivity contribution in [3.8, 4) is 10.6 Å². The van der Waals surface area contributed by atoms with E-state index in [1.807, 2.05) is 12.1 Å². The second-order valence-electron chi connectivity index (χ2n) is 5.24. The third-order valence-electron chi connectivity index (χ3n) is 3.66.